The predicted molar refractivity (Wildman–Crippen MR) is 87.3 cm³/mol. The fourth-order valence-corrected chi connectivity index (χ4v) is 3.04. The van der Waals surface area contributed by atoms with Gasteiger partial charge in [0.05, 0.1) is 6.10 Å². The van der Waals surface area contributed by atoms with Crippen LogP contribution in [-0.4, -0.2) is 62.3 Å². The lowest BCUT2D eigenvalue weighted by Crippen LogP contribution is -2.46. The first kappa shape index (κ1) is 17.9. The molecule has 0 aromatic heterocycles. The number of piperazine rings is 1. The smallest absolute Gasteiger partial charge is 0.0571 e. The van der Waals surface area contributed by atoms with E-state index >= 15 is 0 Å². The maximum absolute atomic E-state index is 5.60. The van der Waals surface area contributed by atoms with E-state index in [9.17, 15) is 0 Å². The van der Waals surface area contributed by atoms with Crippen LogP contribution in [-0.2, 0) is 4.74 Å². The molecule has 1 saturated heterocycles. The monoisotopic (exact) mass is 284 g/mol. The summed E-state index contributed by atoms with van der Waals surface area (Å²) in [5, 5.41) is 0. The number of unbranched alkanes of at least 4 members (excludes halogenated alkanes) is 3. The molecule has 0 saturated carbocycles. The minimum absolute atomic E-state index is 0.499. The fourth-order valence-electron chi connectivity index (χ4n) is 3.04. The number of ether oxygens (including phenoxy) is 1. The standard InChI is InChI=1S/C17H36N2O/c1-4-6-7-10-17(20-3)11-8-9-12-19-15-13-18(5-2)14-16-19/h17H,4-16H2,1-3H3/t17-/m0/s1. The van der Waals surface area contributed by atoms with Crippen LogP contribution in [0.2, 0.25) is 0 Å². The van der Waals surface area contributed by atoms with E-state index in [1.165, 1.54) is 84.2 Å². The molecule has 3 nitrogen and oxygen atoms in total. The molecule has 1 fully saturated rings. The Balaban J connectivity index is 2.00. The maximum Gasteiger partial charge on any atom is 0.0571 e. The van der Waals surface area contributed by atoms with Crippen LogP contribution in [0.4, 0.5) is 0 Å². The van der Waals surface area contributed by atoms with Crippen molar-refractivity contribution >= 4 is 0 Å². The molecule has 3 heteroatoms. The van der Waals surface area contributed by atoms with Gasteiger partial charge in [-0.3, -0.25) is 0 Å². The number of nitrogens with zero attached hydrogens (tertiary/aromatic N) is 2. The van der Waals surface area contributed by atoms with E-state index in [1.807, 2.05) is 7.11 Å². The van der Waals surface area contributed by atoms with Gasteiger partial charge in [-0.1, -0.05) is 33.1 Å². The van der Waals surface area contributed by atoms with Gasteiger partial charge in [-0.15, -0.1) is 0 Å². The second kappa shape index (κ2) is 11.5. The molecule has 20 heavy (non-hydrogen) atoms. The molecule has 1 atom stereocenters. The lowest BCUT2D eigenvalue weighted by Gasteiger charge is -2.34. The Kier molecular flexibility index (Phi) is 10.3. The molecule has 0 radical (unpaired) electrons. The molecular weight excluding hydrogens is 248 g/mol. The van der Waals surface area contributed by atoms with Crippen LogP contribution in [0.25, 0.3) is 0 Å². The van der Waals surface area contributed by atoms with Gasteiger partial charge >= 0.3 is 0 Å². The molecule has 1 heterocycles. The zero-order valence-corrected chi connectivity index (χ0v) is 14.1. The summed E-state index contributed by atoms with van der Waals surface area (Å²) < 4.78 is 5.60. The highest BCUT2D eigenvalue weighted by Gasteiger charge is 2.15. The maximum atomic E-state index is 5.60. The van der Waals surface area contributed by atoms with E-state index in [1.54, 1.807) is 0 Å². The third-order valence-electron chi connectivity index (χ3n) is 4.63. The highest BCUT2D eigenvalue weighted by Crippen LogP contribution is 2.13. The summed E-state index contributed by atoms with van der Waals surface area (Å²) in [6.45, 7) is 12.1. The minimum atomic E-state index is 0.499. The van der Waals surface area contributed by atoms with E-state index in [2.05, 4.69) is 23.6 Å². The van der Waals surface area contributed by atoms with Gasteiger partial charge in [0.2, 0.25) is 0 Å². The SMILES string of the molecule is CCCCC[C@@H](CCCCN1CCN(CC)CC1)OC. The molecule has 0 spiro atoms. The van der Waals surface area contributed by atoms with Crippen molar-refractivity contribution in [3.05, 3.63) is 0 Å². The van der Waals surface area contributed by atoms with Crippen LogP contribution in [0.1, 0.15) is 58.8 Å². The number of hydrogen-bond donors (Lipinski definition) is 0. The Morgan fingerprint density at radius 2 is 1.45 bits per heavy atom. The van der Waals surface area contributed by atoms with E-state index in [0.29, 0.717) is 6.10 Å². The molecule has 0 aliphatic carbocycles. The highest BCUT2D eigenvalue weighted by atomic mass is 16.5. The van der Waals surface area contributed by atoms with E-state index in [0.717, 1.165) is 0 Å². The number of likely N-dealkylation sites (N-methyl/N-ethyl adjacent to an activating group) is 1. The number of rotatable bonds is 11. The molecule has 1 aliphatic rings. The lowest BCUT2D eigenvalue weighted by atomic mass is 10.0. The molecule has 0 bridgehead atoms. The molecule has 0 amide bonds. The second-order valence-corrected chi connectivity index (χ2v) is 6.13. The van der Waals surface area contributed by atoms with Gasteiger partial charge in [0.1, 0.15) is 0 Å². The topological polar surface area (TPSA) is 15.7 Å². The first-order valence-electron chi connectivity index (χ1n) is 8.77. The first-order chi connectivity index (χ1) is 9.80. The Bertz CT molecular complexity index is 208. The van der Waals surface area contributed by atoms with E-state index in [4.69, 9.17) is 4.74 Å². The zero-order valence-electron chi connectivity index (χ0n) is 14.1. The van der Waals surface area contributed by atoms with Crippen LogP contribution in [0.15, 0.2) is 0 Å². The van der Waals surface area contributed by atoms with Gasteiger partial charge < -0.3 is 14.5 Å². The Morgan fingerprint density at radius 3 is 2.00 bits per heavy atom. The molecule has 0 aromatic rings. The Labute approximate surface area is 126 Å². The number of hydrogen-bond acceptors (Lipinski definition) is 3. The summed E-state index contributed by atoms with van der Waals surface area (Å²) >= 11 is 0. The second-order valence-electron chi connectivity index (χ2n) is 6.13. The van der Waals surface area contributed by atoms with Crippen molar-refractivity contribution in [3.8, 4) is 0 Å². The van der Waals surface area contributed by atoms with Gasteiger partial charge in [0.25, 0.3) is 0 Å². The van der Waals surface area contributed by atoms with Gasteiger partial charge in [0.15, 0.2) is 0 Å². The van der Waals surface area contributed by atoms with Crippen LogP contribution in [0, 0.1) is 0 Å². The third kappa shape index (κ3) is 7.61. The minimum Gasteiger partial charge on any atom is -0.381 e. The van der Waals surface area contributed by atoms with E-state index < -0.39 is 0 Å². The average Bonchev–Trinajstić information content (AvgIpc) is 2.50. The molecule has 120 valence electrons. The van der Waals surface area contributed by atoms with Gasteiger partial charge in [-0.25, -0.2) is 0 Å². The van der Waals surface area contributed by atoms with Crippen molar-refractivity contribution in [2.45, 2.75) is 64.9 Å². The van der Waals surface area contributed by atoms with Crippen molar-refractivity contribution in [3.63, 3.8) is 0 Å². The summed E-state index contributed by atoms with van der Waals surface area (Å²) in [6.07, 6.45) is 9.63. The summed E-state index contributed by atoms with van der Waals surface area (Å²) in [5.74, 6) is 0. The van der Waals surface area contributed by atoms with Crippen molar-refractivity contribution < 1.29 is 4.74 Å². The van der Waals surface area contributed by atoms with Gasteiger partial charge in [-0.05, 0) is 38.8 Å². The first-order valence-corrected chi connectivity index (χ1v) is 8.77. The largest absolute Gasteiger partial charge is 0.381 e. The van der Waals surface area contributed by atoms with Crippen molar-refractivity contribution in [1.82, 2.24) is 9.80 Å². The average molecular weight is 284 g/mol. The molecule has 0 aromatic carbocycles. The Hall–Kier alpha value is -0.120. The summed E-state index contributed by atoms with van der Waals surface area (Å²) in [7, 11) is 1.88. The Morgan fingerprint density at radius 1 is 0.850 bits per heavy atom. The lowest BCUT2D eigenvalue weighted by molar-refractivity contribution is 0.0811. The molecule has 0 N–H and O–H groups in total. The van der Waals surface area contributed by atoms with Crippen molar-refractivity contribution in [2.24, 2.45) is 0 Å². The summed E-state index contributed by atoms with van der Waals surface area (Å²) in [4.78, 5) is 5.18. The molecular formula is C17H36N2O. The molecule has 0 unspecified atom stereocenters. The predicted octanol–water partition coefficient (Wildman–Crippen LogP) is 3.39. The quantitative estimate of drug-likeness (QED) is 0.541. The fraction of sp³-hybridized carbons (Fsp3) is 1.00. The van der Waals surface area contributed by atoms with Crippen LogP contribution in [0.5, 0.6) is 0 Å². The molecule has 1 rings (SSSR count). The highest BCUT2D eigenvalue weighted by molar-refractivity contribution is 4.71. The normalized spacial score (nSPS) is 19.4. The third-order valence-corrected chi connectivity index (χ3v) is 4.63. The van der Waals surface area contributed by atoms with Gasteiger partial charge in [-0.2, -0.15) is 0 Å². The van der Waals surface area contributed by atoms with Gasteiger partial charge in [0, 0.05) is 33.3 Å². The summed E-state index contributed by atoms with van der Waals surface area (Å²) in [6, 6.07) is 0. The van der Waals surface area contributed by atoms with Crippen molar-refractivity contribution in [2.75, 3.05) is 46.4 Å². The molecule has 1 aliphatic heterocycles. The van der Waals surface area contributed by atoms with E-state index in [-0.39, 0.29) is 0 Å². The number of methoxy groups -OCH3 is 1. The zero-order chi connectivity index (χ0) is 14.6. The van der Waals surface area contributed by atoms with Crippen molar-refractivity contribution in [1.29, 1.82) is 0 Å². The summed E-state index contributed by atoms with van der Waals surface area (Å²) in [5.41, 5.74) is 0. The van der Waals surface area contributed by atoms with Crippen LogP contribution >= 0.6 is 0 Å². The van der Waals surface area contributed by atoms with Crippen LogP contribution in [0.3, 0.4) is 0 Å². The van der Waals surface area contributed by atoms with Crippen LogP contribution < -0.4 is 0 Å².